The summed E-state index contributed by atoms with van der Waals surface area (Å²) in [6.07, 6.45) is -11.0. The highest BCUT2D eigenvalue weighted by Crippen LogP contribution is 2.67. The third kappa shape index (κ3) is 7.59. The molecule has 31 heteroatoms. The molecule has 0 amide bonds. The quantitative estimate of drug-likeness (QED) is 0.0475. The van der Waals surface area contributed by atoms with E-state index in [9.17, 15) is 58.4 Å². The van der Waals surface area contributed by atoms with Gasteiger partial charge in [0.2, 0.25) is 17.7 Å². The lowest BCUT2D eigenvalue weighted by molar-refractivity contribution is -0.745. The Labute approximate surface area is 293 Å². The van der Waals surface area contributed by atoms with Crippen LogP contribution in [0, 0.1) is 0 Å². The molecular formula is C22H32N10O18P3+. The zero-order valence-electron chi connectivity index (χ0n) is 26.9. The summed E-state index contributed by atoms with van der Waals surface area (Å²) < 4.78 is 70.4. The van der Waals surface area contributed by atoms with Crippen molar-refractivity contribution in [1.29, 1.82) is 0 Å². The van der Waals surface area contributed by atoms with Crippen LogP contribution in [0.25, 0.3) is 22.3 Å². The summed E-state index contributed by atoms with van der Waals surface area (Å²) in [6.45, 7) is -2.17. The van der Waals surface area contributed by atoms with Gasteiger partial charge in [0.15, 0.2) is 23.7 Å². The minimum Gasteiger partial charge on any atom is -0.387 e. The van der Waals surface area contributed by atoms with Crippen molar-refractivity contribution in [1.82, 2.24) is 33.6 Å². The number of nitrogens with zero attached hydrogens (tertiary/aromatic N) is 7. The van der Waals surface area contributed by atoms with Crippen LogP contribution in [-0.2, 0) is 54.9 Å². The molecule has 5 unspecified atom stereocenters. The first-order valence-electron chi connectivity index (χ1n) is 14.8. The monoisotopic (exact) mass is 817 g/mol. The van der Waals surface area contributed by atoms with Crippen LogP contribution >= 0.6 is 23.5 Å². The molecule has 53 heavy (non-hydrogen) atoms. The highest BCUT2D eigenvalue weighted by Gasteiger charge is 2.50. The number of aliphatic hydroxyl groups excluding tert-OH is 4. The largest absolute Gasteiger partial charge is 0.490 e. The van der Waals surface area contributed by atoms with Crippen LogP contribution in [-0.4, -0.2) is 119 Å². The lowest BCUT2D eigenvalue weighted by Gasteiger charge is -2.21. The van der Waals surface area contributed by atoms with Gasteiger partial charge in [-0.3, -0.25) is 37.3 Å². The Morgan fingerprint density at radius 1 is 0.887 bits per heavy atom. The predicted molar refractivity (Wildman–Crippen MR) is 169 cm³/mol. The van der Waals surface area contributed by atoms with E-state index in [-0.39, 0.29) is 34.2 Å². The van der Waals surface area contributed by atoms with E-state index in [1.54, 1.807) is 0 Å². The molecule has 292 valence electrons. The number of rotatable bonds is 12. The lowest BCUT2D eigenvalue weighted by atomic mass is 10.1. The average molecular weight is 817 g/mol. The number of nitrogen functional groups attached to an aromatic ring is 2. The Kier molecular flexibility index (Phi) is 10.3. The summed E-state index contributed by atoms with van der Waals surface area (Å²) in [5.74, 6) is -0.501. The molecule has 28 nitrogen and oxygen atoms in total. The van der Waals surface area contributed by atoms with E-state index >= 15 is 0 Å². The Balaban J connectivity index is 1.05. The van der Waals surface area contributed by atoms with Crippen molar-refractivity contribution in [2.75, 3.05) is 24.7 Å². The van der Waals surface area contributed by atoms with E-state index in [4.69, 9.17) is 20.9 Å². The van der Waals surface area contributed by atoms with Gasteiger partial charge in [-0.1, -0.05) is 4.98 Å². The van der Waals surface area contributed by atoms with E-state index in [2.05, 4.69) is 37.6 Å². The van der Waals surface area contributed by atoms with Gasteiger partial charge in [0.25, 0.3) is 11.5 Å². The molecule has 2 aliphatic rings. The Hall–Kier alpha value is -3.53. The number of hydrogen-bond donors (Lipinski definition) is 10. The Bertz CT molecular complexity index is 2330. The van der Waals surface area contributed by atoms with Crippen LogP contribution in [0.1, 0.15) is 12.5 Å². The molecule has 0 saturated carbocycles. The second-order valence-corrected chi connectivity index (χ2v) is 16.3. The minimum absolute atomic E-state index is 0.0445. The fourth-order valence-electron chi connectivity index (χ4n) is 5.55. The normalized spacial score (nSPS) is 29.8. The third-order valence-electron chi connectivity index (χ3n) is 8.07. The minimum atomic E-state index is -6.00. The molecule has 11 atom stereocenters. The first kappa shape index (κ1) is 39.2. The third-order valence-corrected chi connectivity index (χ3v) is 12.3. The summed E-state index contributed by atoms with van der Waals surface area (Å²) in [6, 6.07) is 0. The van der Waals surface area contributed by atoms with Crippen molar-refractivity contribution >= 4 is 57.7 Å². The number of H-pyrrole nitrogens is 1. The van der Waals surface area contributed by atoms with Crippen molar-refractivity contribution in [2.24, 2.45) is 14.1 Å². The smallest absolute Gasteiger partial charge is 0.387 e. The zero-order chi connectivity index (χ0) is 38.9. The first-order chi connectivity index (χ1) is 24.6. The number of aromatic amines is 1. The standard InChI is InChI=1S/C22H31N10O18P3/c1-29-6-32(16-10(29)18(38)30(2)22(24)27-16)20-14(36)12(34)8(48-20)4-46-52(41,42)50-53(43,44)49-51(39,40)45-3-7-11(33)13(35)19(47-7)31-5-25-9-15(31)26-21(23)28-17(9)37/h5-8,11-14,19-20,33-36H,3-4H2,1-2H3,(H7-,23,24,26,27,28,37,38,39,40,41,42,43,44)/p+1/t7-,8-,11?,12?,13+,14+,19-,20-/m1/s1. The zero-order valence-corrected chi connectivity index (χ0v) is 29.6. The average Bonchev–Trinajstić information content (AvgIpc) is 3.76. The molecule has 0 bridgehead atoms. The summed E-state index contributed by atoms with van der Waals surface area (Å²) in [5.41, 5.74) is 9.70. The van der Waals surface area contributed by atoms with Gasteiger partial charge in [-0.15, -0.1) is 0 Å². The highest BCUT2D eigenvalue weighted by atomic mass is 31.3. The molecule has 6 heterocycles. The van der Waals surface area contributed by atoms with Crippen molar-refractivity contribution in [3.8, 4) is 0 Å². The second kappa shape index (κ2) is 14.0. The van der Waals surface area contributed by atoms with Gasteiger partial charge in [-0.05, 0) is 0 Å². The summed E-state index contributed by atoms with van der Waals surface area (Å²) in [5, 5.41) is 42.2. The van der Waals surface area contributed by atoms with Crippen molar-refractivity contribution < 1.29 is 80.5 Å². The van der Waals surface area contributed by atoms with E-state index in [0.29, 0.717) is 0 Å². The summed E-state index contributed by atoms with van der Waals surface area (Å²) in [7, 11) is -14.5. The maximum absolute atomic E-state index is 12.7. The van der Waals surface area contributed by atoms with Gasteiger partial charge in [0.05, 0.1) is 26.6 Å². The van der Waals surface area contributed by atoms with Gasteiger partial charge in [-0.25, -0.2) is 23.2 Å². The molecule has 12 N–H and O–H groups in total. The molecule has 0 spiro atoms. The Morgan fingerprint density at radius 2 is 1.47 bits per heavy atom. The topological polar surface area (TPSA) is 408 Å². The number of nitrogens with two attached hydrogens (primary N) is 2. The van der Waals surface area contributed by atoms with E-state index in [1.165, 1.54) is 25.0 Å². The van der Waals surface area contributed by atoms with Gasteiger partial charge < -0.3 is 56.0 Å². The number of hydrogen-bond acceptors (Lipinski definition) is 20. The van der Waals surface area contributed by atoms with Gasteiger partial charge >= 0.3 is 34.7 Å². The molecule has 0 aromatic carbocycles. The molecular weight excluding hydrogens is 785 g/mol. The van der Waals surface area contributed by atoms with Gasteiger partial charge in [0, 0.05) is 7.05 Å². The number of imidazole rings is 2. The molecule has 2 saturated heterocycles. The predicted octanol–water partition coefficient (Wildman–Crippen LogP) is -4.54. The lowest BCUT2D eigenvalue weighted by Crippen LogP contribution is -2.46. The first-order valence-corrected chi connectivity index (χ1v) is 19.3. The molecule has 4 aromatic rings. The van der Waals surface area contributed by atoms with Crippen LogP contribution in [0.5, 0.6) is 0 Å². The fraction of sp³-hybridized carbons (Fsp3) is 0.545. The number of aryl methyl sites for hydroxylation is 1. The highest BCUT2D eigenvalue weighted by molar-refractivity contribution is 7.66. The van der Waals surface area contributed by atoms with Gasteiger partial charge in [-0.2, -0.15) is 13.6 Å². The number of phosphoric ester groups is 2. The number of phosphoric acid groups is 3. The number of nitrogens with one attached hydrogen (secondary N) is 1. The summed E-state index contributed by atoms with van der Waals surface area (Å²) in [4.78, 5) is 68.9. The number of aliphatic hydroxyl groups is 4. The van der Waals surface area contributed by atoms with Crippen molar-refractivity contribution in [2.45, 2.75) is 49.1 Å². The molecule has 6 rings (SSSR count). The van der Waals surface area contributed by atoms with Crippen LogP contribution in [0.3, 0.4) is 0 Å². The number of fused-ring (bicyclic) bond motifs is 2. The number of aromatic nitrogens is 8. The summed E-state index contributed by atoms with van der Waals surface area (Å²) >= 11 is 0. The van der Waals surface area contributed by atoms with Crippen LogP contribution in [0.2, 0.25) is 0 Å². The van der Waals surface area contributed by atoms with Crippen LogP contribution in [0.15, 0.2) is 22.2 Å². The van der Waals surface area contributed by atoms with E-state index in [0.717, 1.165) is 20.0 Å². The van der Waals surface area contributed by atoms with Gasteiger partial charge in [0.1, 0.15) is 36.6 Å². The van der Waals surface area contributed by atoms with Crippen molar-refractivity contribution in [3.05, 3.63) is 33.4 Å². The van der Waals surface area contributed by atoms with E-state index in [1.807, 2.05) is 0 Å². The number of ether oxygens (including phenoxy) is 2. The number of anilines is 2. The fourth-order valence-corrected chi connectivity index (χ4v) is 9.07. The maximum Gasteiger partial charge on any atom is 0.490 e. The molecule has 2 aliphatic heterocycles. The van der Waals surface area contributed by atoms with Crippen molar-refractivity contribution in [3.63, 3.8) is 0 Å². The van der Waals surface area contributed by atoms with Crippen LogP contribution < -0.4 is 27.2 Å². The molecule has 0 aliphatic carbocycles. The molecule has 0 radical (unpaired) electrons. The molecule has 2 fully saturated rings. The van der Waals surface area contributed by atoms with E-state index < -0.39 is 96.9 Å². The van der Waals surface area contributed by atoms with Crippen LogP contribution in [0.4, 0.5) is 11.9 Å². The molecule has 4 aromatic heterocycles. The maximum atomic E-state index is 12.7. The Morgan fingerprint density at radius 3 is 2.09 bits per heavy atom. The second-order valence-electron chi connectivity index (χ2n) is 11.7. The SMILES string of the molecule is Cn1c(N)nc2c(c1=O)n(C)c[n+]2[C@@H]1O[C@H](COP(=O)(O)OP(=O)(O)OP(=O)(O)OC[C@H]2O[C@@H](n3cnc4c(=O)[nH]c(N)nc43)[C@@H](O)C2O)C(O)[C@@H]1O.